The number of urea groups is 1. The Balaban J connectivity index is 2.44. The largest absolute Gasteiger partial charge is 0.504 e. The SMILES string of the molecule is CN(C)C(=O)NCCNC(=O)c1cccc(O)c1O. The summed E-state index contributed by atoms with van der Waals surface area (Å²) in [4.78, 5) is 24.3. The molecule has 0 unspecified atom stereocenters. The average molecular weight is 267 g/mol. The fraction of sp³-hybridized carbons (Fsp3) is 0.333. The summed E-state index contributed by atoms with van der Waals surface area (Å²) in [5, 5.41) is 23.9. The molecule has 0 aliphatic heterocycles. The number of nitrogens with one attached hydrogen (secondary N) is 2. The van der Waals surface area contributed by atoms with Crippen LogP contribution in [-0.2, 0) is 0 Å². The molecule has 3 amide bonds. The zero-order chi connectivity index (χ0) is 14.4. The van der Waals surface area contributed by atoms with Crippen molar-refractivity contribution in [2.45, 2.75) is 0 Å². The second kappa shape index (κ2) is 6.48. The van der Waals surface area contributed by atoms with Gasteiger partial charge in [-0.3, -0.25) is 4.79 Å². The van der Waals surface area contributed by atoms with Crippen molar-refractivity contribution in [2.24, 2.45) is 0 Å². The molecule has 1 aromatic carbocycles. The number of benzene rings is 1. The minimum absolute atomic E-state index is 0.0149. The molecule has 0 aliphatic carbocycles. The summed E-state index contributed by atoms with van der Waals surface area (Å²) in [5.41, 5.74) is -0.0149. The van der Waals surface area contributed by atoms with Gasteiger partial charge in [-0.15, -0.1) is 0 Å². The second-order valence-electron chi connectivity index (χ2n) is 4.06. The molecule has 0 saturated carbocycles. The maximum absolute atomic E-state index is 11.7. The number of hydrogen-bond acceptors (Lipinski definition) is 4. The molecule has 19 heavy (non-hydrogen) atoms. The lowest BCUT2D eigenvalue weighted by molar-refractivity contribution is 0.0950. The fourth-order valence-corrected chi connectivity index (χ4v) is 1.31. The lowest BCUT2D eigenvalue weighted by atomic mass is 10.1. The van der Waals surface area contributed by atoms with Crippen molar-refractivity contribution in [1.29, 1.82) is 0 Å². The van der Waals surface area contributed by atoms with E-state index in [1.165, 1.54) is 23.1 Å². The molecule has 1 rings (SSSR count). The summed E-state index contributed by atoms with van der Waals surface area (Å²) < 4.78 is 0. The van der Waals surface area contributed by atoms with Crippen LogP contribution in [0, 0.1) is 0 Å². The number of carbonyl (C=O) groups excluding carboxylic acids is 2. The number of phenols is 2. The molecule has 1 aromatic rings. The monoisotopic (exact) mass is 267 g/mol. The van der Waals surface area contributed by atoms with E-state index in [0.717, 1.165) is 0 Å². The maximum atomic E-state index is 11.7. The highest BCUT2D eigenvalue weighted by atomic mass is 16.3. The third-order valence-corrected chi connectivity index (χ3v) is 2.35. The summed E-state index contributed by atoms with van der Waals surface area (Å²) in [6.45, 7) is 0.482. The molecule has 0 radical (unpaired) electrons. The molecule has 0 atom stereocenters. The maximum Gasteiger partial charge on any atom is 0.316 e. The van der Waals surface area contributed by atoms with E-state index in [4.69, 9.17) is 0 Å². The highest BCUT2D eigenvalue weighted by Crippen LogP contribution is 2.27. The van der Waals surface area contributed by atoms with Crippen molar-refractivity contribution in [2.75, 3.05) is 27.2 Å². The van der Waals surface area contributed by atoms with Crippen molar-refractivity contribution in [3.05, 3.63) is 23.8 Å². The summed E-state index contributed by atoms with van der Waals surface area (Å²) in [5.74, 6) is -1.33. The molecule has 0 spiro atoms. The van der Waals surface area contributed by atoms with Crippen LogP contribution in [0.1, 0.15) is 10.4 Å². The van der Waals surface area contributed by atoms with E-state index < -0.39 is 11.7 Å². The molecule has 104 valence electrons. The smallest absolute Gasteiger partial charge is 0.316 e. The number of aromatic hydroxyl groups is 2. The highest BCUT2D eigenvalue weighted by molar-refractivity contribution is 5.97. The number of phenolic OH excluding ortho intramolecular Hbond substituents is 2. The third-order valence-electron chi connectivity index (χ3n) is 2.35. The quantitative estimate of drug-likeness (QED) is 0.459. The van der Waals surface area contributed by atoms with Crippen molar-refractivity contribution in [3.8, 4) is 11.5 Å². The number of nitrogens with zero attached hydrogens (tertiary/aromatic N) is 1. The van der Waals surface area contributed by atoms with Gasteiger partial charge in [0, 0.05) is 27.2 Å². The van der Waals surface area contributed by atoms with E-state index in [2.05, 4.69) is 10.6 Å². The van der Waals surface area contributed by atoms with Crippen molar-refractivity contribution in [1.82, 2.24) is 15.5 Å². The van der Waals surface area contributed by atoms with Gasteiger partial charge in [-0.1, -0.05) is 6.07 Å². The summed E-state index contributed by atoms with van der Waals surface area (Å²) in [7, 11) is 3.22. The predicted octanol–water partition coefficient (Wildman–Crippen LogP) is 0.0988. The van der Waals surface area contributed by atoms with Gasteiger partial charge in [-0.05, 0) is 12.1 Å². The minimum Gasteiger partial charge on any atom is -0.504 e. The van der Waals surface area contributed by atoms with E-state index in [-0.39, 0.29) is 30.4 Å². The summed E-state index contributed by atoms with van der Waals surface area (Å²) in [6, 6.07) is 3.87. The Morgan fingerprint density at radius 1 is 1.16 bits per heavy atom. The van der Waals surface area contributed by atoms with Crippen molar-refractivity contribution >= 4 is 11.9 Å². The lowest BCUT2D eigenvalue weighted by Crippen LogP contribution is -2.39. The standard InChI is InChI=1S/C12H17N3O4/c1-15(2)12(19)14-7-6-13-11(18)8-4-3-5-9(16)10(8)17/h3-5,16-17H,6-7H2,1-2H3,(H,13,18)(H,14,19). The van der Waals surface area contributed by atoms with E-state index >= 15 is 0 Å². The van der Waals surface area contributed by atoms with Crippen LogP contribution in [0.5, 0.6) is 11.5 Å². The van der Waals surface area contributed by atoms with Crippen LogP contribution in [0.4, 0.5) is 4.79 Å². The van der Waals surface area contributed by atoms with Crippen LogP contribution in [-0.4, -0.2) is 54.2 Å². The first kappa shape index (κ1) is 14.6. The molecule has 0 bridgehead atoms. The van der Waals surface area contributed by atoms with Gasteiger partial charge in [-0.25, -0.2) is 4.79 Å². The molecular weight excluding hydrogens is 250 g/mol. The summed E-state index contributed by atoms with van der Waals surface area (Å²) >= 11 is 0. The highest BCUT2D eigenvalue weighted by Gasteiger charge is 2.13. The zero-order valence-corrected chi connectivity index (χ0v) is 10.8. The Morgan fingerprint density at radius 2 is 1.79 bits per heavy atom. The Bertz CT molecular complexity index is 474. The van der Waals surface area contributed by atoms with Crippen molar-refractivity contribution in [3.63, 3.8) is 0 Å². The van der Waals surface area contributed by atoms with Gasteiger partial charge < -0.3 is 25.7 Å². The molecule has 0 heterocycles. The van der Waals surface area contributed by atoms with E-state index in [9.17, 15) is 19.8 Å². The number of amides is 3. The molecule has 0 aromatic heterocycles. The van der Waals surface area contributed by atoms with Gasteiger partial charge in [0.2, 0.25) is 0 Å². The van der Waals surface area contributed by atoms with Crippen LogP contribution in [0.25, 0.3) is 0 Å². The van der Waals surface area contributed by atoms with Gasteiger partial charge in [-0.2, -0.15) is 0 Å². The number of carbonyl (C=O) groups is 2. The molecule has 0 aliphatic rings. The Labute approximate surface area is 110 Å². The van der Waals surface area contributed by atoms with Gasteiger partial charge >= 0.3 is 6.03 Å². The number of para-hydroxylation sites is 1. The average Bonchev–Trinajstić information content (AvgIpc) is 2.37. The van der Waals surface area contributed by atoms with Crippen LogP contribution in [0.15, 0.2) is 18.2 Å². The minimum atomic E-state index is -0.521. The Kier molecular flexibility index (Phi) is 4.99. The van der Waals surface area contributed by atoms with Crippen LogP contribution in [0.2, 0.25) is 0 Å². The van der Waals surface area contributed by atoms with E-state index in [0.29, 0.717) is 0 Å². The molecular formula is C12H17N3O4. The zero-order valence-electron chi connectivity index (χ0n) is 10.8. The fourth-order valence-electron chi connectivity index (χ4n) is 1.31. The molecule has 7 heteroatoms. The molecule has 4 N–H and O–H groups in total. The van der Waals surface area contributed by atoms with E-state index in [1.54, 1.807) is 14.1 Å². The van der Waals surface area contributed by atoms with Crippen LogP contribution < -0.4 is 10.6 Å². The first-order valence-corrected chi connectivity index (χ1v) is 5.67. The second-order valence-corrected chi connectivity index (χ2v) is 4.06. The molecule has 0 fully saturated rings. The first-order valence-electron chi connectivity index (χ1n) is 5.67. The van der Waals surface area contributed by atoms with Gasteiger partial charge in [0.15, 0.2) is 11.5 Å². The topological polar surface area (TPSA) is 102 Å². The normalized spacial score (nSPS) is 9.79. The van der Waals surface area contributed by atoms with Gasteiger partial charge in [0.1, 0.15) is 0 Å². The Morgan fingerprint density at radius 3 is 2.42 bits per heavy atom. The third kappa shape index (κ3) is 4.06. The molecule has 7 nitrogen and oxygen atoms in total. The number of hydrogen-bond donors (Lipinski definition) is 4. The first-order chi connectivity index (χ1) is 8.93. The van der Waals surface area contributed by atoms with E-state index in [1.807, 2.05) is 0 Å². The van der Waals surface area contributed by atoms with Gasteiger partial charge in [0.25, 0.3) is 5.91 Å². The van der Waals surface area contributed by atoms with Gasteiger partial charge in [0.05, 0.1) is 5.56 Å². The molecule has 0 saturated heterocycles. The number of rotatable bonds is 4. The predicted molar refractivity (Wildman–Crippen MR) is 69.2 cm³/mol. The van der Waals surface area contributed by atoms with Crippen molar-refractivity contribution < 1.29 is 19.8 Å². The lowest BCUT2D eigenvalue weighted by Gasteiger charge is -2.12. The van der Waals surface area contributed by atoms with Crippen LogP contribution >= 0.6 is 0 Å². The summed E-state index contributed by atoms with van der Waals surface area (Å²) in [6.07, 6.45) is 0. The Hall–Kier alpha value is -2.44. The van der Waals surface area contributed by atoms with Crippen LogP contribution in [0.3, 0.4) is 0 Å².